The average Bonchev–Trinajstić information content (AvgIpc) is 3.46. The van der Waals surface area contributed by atoms with Gasteiger partial charge in [0, 0.05) is 28.2 Å². The van der Waals surface area contributed by atoms with E-state index in [1.165, 1.54) is 31.0 Å². The van der Waals surface area contributed by atoms with Gasteiger partial charge in [0.15, 0.2) is 16.4 Å². The van der Waals surface area contributed by atoms with Crippen LogP contribution >= 0.6 is 23.4 Å². The van der Waals surface area contributed by atoms with E-state index in [1.807, 2.05) is 31.2 Å². The summed E-state index contributed by atoms with van der Waals surface area (Å²) >= 11 is 7.23. The Bertz CT molecular complexity index is 1800. The first-order valence-corrected chi connectivity index (χ1v) is 16.1. The Labute approximate surface area is 275 Å². The number of rotatable bonds is 16. The van der Waals surface area contributed by atoms with Crippen LogP contribution < -0.4 is 10.2 Å². The SMILES string of the molecule is CCCc1c(OCCCC/C=C\C=C\[C@H](Sc2ccc3c(=O)cc(C(=O)O)oc3c2)[C@H](O)c2coc(Cl)c2)ccc(C(C)=O)c1O. The maximum atomic E-state index is 12.3. The lowest BCUT2D eigenvalue weighted by Crippen LogP contribution is -2.12. The van der Waals surface area contributed by atoms with Crippen molar-refractivity contribution in [3.05, 3.63) is 111 Å². The summed E-state index contributed by atoms with van der Waals surface area (Å²) in [4.78, 5) is 36.1. The van der Waals surface area contributed by atoms with Crippen molar-refractivity contribution in [2.75, 3.05) is 6.61 Å². The van der Waals surface area contributed by atoms with Crippen LogP contribution in [-0.4, -0.2) is 38.9 Å². The molecule has 0 aliphatic carbocycles. The predicted molar refractivity (Wildman–Crippen MR) is 177 cm³/mol. The first-order valence-electron chi connectivity index (χ1n) is 14.8. The van der Waals surface area contributed by atoms with Gasteiger partial charge in [0.1, 0.15) is 17.1 Å². The van der Waals surface area contributed by atoms with Gasteiger partial charge in [-0.2, -0.15) is 0 Å². The van der Waals surface area contributed by atoms with Crippen molar-refractivity contribution >= 4 is 46.1 Å². The van der Waals surface area contributed by atoms with Gasteiger partial charge in [0.2, 0.25) is 5.76 Å². The zero-order chi connectivity index (χ0) is 33.2. The number of hydrogen-bond acceptors (Lipinski definition) is 9. The number of ketones is 1. The van der Waals surface area contributed by atoms with E-state index >= 15 is 0 Å². The van der Waals surface area contributed by atoms with Gasteiger partial charge in [0.25, 0.3) is 0 Å². The van der Waals surface area contributed by atoms with E-state index in [-0.39, 0.29) is 27.7 Å². The Morgan fingerprint density at radius 3 is 2.61 bits per heavy atom. The van der Waals surface area contributed by atoms with Crippen LogP contribution in [0.15, 0.2) is 91.6 Å². The minimum Gasteiger partial charge on any atom is -0.507 e. The van der Waals surface area contributed by atoms with Crippen LogP contribution in [0.5, 0.6) is 11.5 Å². The summed E-state index contributed by atoms with van der Waals surface area (Å²) in [5.74, 6) is -1.39. The fourth-order valence-electron chi connectivity index (χ4n) is 4.77. The number of benzene rings is 2. The number of carbonyl (C=O) groups is 2. The third-order valence-electron chi connectivity index (χ3n) is 7.11. The molecule has 0 spiro atoms. The largest absolute Gasteiger partial charge is 0.507 e. The van der Waals surface area contributed by atoms with Crippen molar-refractivity contribution in [1.29, 1.82) is 0 Å². The summed E-state index contributed by atoms with van der Waals surface area (Å²) in [5.41, 5.74) is 1.12. The first-order chi connectivity index (χ1) is 22.1. The van der Waals surface area contributed by atoms with Crippen molar-refractivity contribution in [2.24, 2.45) is 0 Å². The Morgan fingerprint density at radius 2 is 1.91 bits per heavy atom. The molecule has 11 heteroatoms. The third kappa shape index (κ3) is 8.93. The number of aromatic hydroxyl groups is 1. The number of carboxylic acids is 1. The molecule has 0 fully saturated rings. The number of phenols is 1. The fraction of sp³-hybridized carbons (Fsp3) is 0.286. The number of halogens is 1. The van der Waals surface area contributed by atoms with Crippen LogP contribution in [0.25, 0.3) is 11.0 Å². The first kappa shape index (κ1) is 34.6. The second-order valence-electron chi connectivity index (χ2n) is 10.6. The van der Waals surface area contributed by atoms with Gasteiger partial charge in [-0.3, -0.25) is 9.59 Å². The highest BCUT2D eigenvalue weighted by atomic mass is 35.5. The molecule has 0 radical (unpaired) electrons. The second-order valence-corrected chi connectivity index (χ2v) is 12.2. The number of aliphatic hydroxyl groups excluding tert-OH is 1. The number of unbranched alkanes of at least 4 members (excludes halogenated alkanes) is 2. The van der Waals surface area contributed by atoms with E-state index in [0.29, 0.717) is 40.4 Å². The predicted octanol–water partition coefficient (Wildman–Crippen LogP) is 8.15. The van der Waals surface area contributed by atoms with Crippen LogP contribution in [0.2, 0.25) is 5.22 Å². The molecule has 2 aromatic carbocycles. The molecule has 0 amide bonds. The Balaban J connectivity index is 1.37. The molecule has 0 aliphatic rings. The van der Waals surface area contributed by atoms with E-state index in [4.69, 9.17) is 25.2 Å². The fourth-order valence-corrected chi connectivity index (χ4v) is 6.03. The average molecular weight is 667 g/mol. The number of hydrogen-bond donors (Lipinski definition) is 3. The monoisotopic (exact) mass is 666 g/mol. The van der Waals surface area contributed by atoms with Gasteiger partial charge in [0.05, 0.1) is 35.2 Å². The van der Waals surface area contributed by atoms with Crippen molar-refractivity contribution < 1.29 is 38.5 Å². The highest BCUT2D eigenvalue weighted by Gasteiger charge is 2.22. The normalized spacial score (nSPS) is 13.0. The van der Waals surface area contributed by atoms with Crippen LogP contribution in [0.4, 0.5) is 0 Å². The Hall–Kier alpha value is -4.25. The quantitative estimate of drug-likeness (QED) is 0.0463. The lowest BCUT2D eigenvalue weighted by Gasteiger charge is -2.18. The van der Waals surface area contributed by atoms with Gasteiger partial charge < -0.3 is 28.9 Å². The lowest BCUT2D eigenvalue weighted by molar-refractivity contribution is 0.0662. The number of aromatic carboxylic acids is 1. The number of aliphatic hydroxyl groups is 1. The van der Waals surface area contributed by atoms with Crippen LogP contribution in [0, 0.1) is 0 Å². The third-order valence-corrected chi connectivity index (χ3v) is 8.53. The molecule has 46 heavy (non-hydrogen) atoms. The smallest absolute Gasteiger partial charge is 0.371 e. The molecule has 2 atom stereocenters. The van der Waals surface area contributed by atoms with Crippen LogP contribution in [0.3, 0.4) is 0 Å². The summed E-state index contributed by atoms with van der Waals surface area (Å²) in [5, 5.41) is 30.8. The topological polar surface area (TPSA) is 147 Å². The summed E-state index contributed by atoms with van der Waals surface area (Å²) in [6.07, 6.45) is 11.8. The van der Waals surface area contributed by atoms with Crippen LogP contribution in [-0.2, 0) is 6.42 Å². The number of phenolic OH excluding ortho intramolecular Hbond substituents is 1. The number of furan rings is 1. The lowest BCUT2D eigenvalue weighted by atomic mass is 10.0. The van der Waals surface area contributed by atoms with Gasteiger partial charge in [-0.1, -0.05) is 37.6 Å². The molecule has 4 rings (SSSR count). The van der Waals surface area contributed by atoms with Gasteiger partial charge in [-0.15, -0.1) is 11.8 Å². The molecule has 242 valence electrons. The minimum absolute atomic E-state index is 0.00133. The van der Waals surface area contributed by atoms with E-state index in [1.54, 1.807) is 30.3 Å². The van der Waals surface area contributed by atoms with E-state index in [2.05, 4.69) is 0 Å². The molecule has 2 heterocycles. The molecule has 3 N–H and O–H groups in total. The van der Waals surface area contributed by atoms with E-state index in [0.717, 1.165) is 31.7 Å². The Kier molecular flexibility index (Phi) is 12.3. The molecule has 0 bridgehead atoms. The van der Waals surface area contributed by atoms with Crippen molar-refractivity contribution in [1.82, 2.24) is 0 Å². The standard InChI is InChI=1S/C35H35ClO9S/c1-3-10-26-28(15-14-24(21(2)37)34(26)40)43-16-9-7-5-4-6-8-11-31(33(39)22-17-32(36)44-20-22)46-23-12-13-25-27(38)19-30(35(41)42)45-29(25)18-23/h4,6,8,11-15,17-20,31,33,39-40H,3,5,7,9-10,16H2,1-2H3,(H,41,42)/b6-4-,11-8+/t31-,33+/m0/s1. The van der Waals surface area contributed by atoms with E-state index in [9.17, 15) is 29.7 Å². The van der Waals surface area contributed by atoms with Gasteiger partial charge in [-0.25, -0.2) is 4.79 Å². The molecule has 0 unspecified atom stereocenters. The van der Waals surface area contributed by atoms with Crippen LogP contribution in [0.1, 0.15) is 77.7 Å². The second kappa shape index (κ2) is 16.4. The minimum atomic E-state index is -1.34. The highest BCUT2D eigenvalue weighted by Crippen LogP contribution is 2.36. The number of allylic oxidation sites excluding steroid dienone is 3. The zero-order valence-electron chi connectivity index (χ0n) is 25.4. The summed E-state index contributed by atoms with van der Waals surface area (Å²) in [7, 11) is 0. The molecule has 9 nitrogen and oxygen atoms in total. The zero-order valence-corrected chi connectivity index (χ0v) is 27.0. The summed E-state index contributed by atoms with van der Waals surface area (Å²) < 4.78 is 16.5. The van der Waals surface area contributed by atoms with Gasteiger partial charge in [-0.05, 0) is 74.5 Å². The number of fused-ring (bicyclic) bond motifs is 1. The van der Waals surface area contributed by atoms with Crippen molar-refractivity contribution in [3.63, 3.8) is 0 Å². The Morgan fingerprint density at radius 1 is 1.11 bits per heavy atom. The number of Topliss-reactive ketones (excluding diaryl/α,β-unsaturated/α-hetero) is 1. The number of thioether (sulfide) groups is 1. The number of carbonyl (C=O) groups excluding carboxylic acids is 1. The van der Waals surface area contributed by atoms with Crippen molar-refractivity contribution in [2.45, 2.75) is 62.2 Å². The highest BCUT2D eigenvalue weighted by molar-refractivity contribution is 8.00. The molecule has 2 aromatic heterocycles. The molecule has 0 saturated carbocycles. The van der Waals surface area contributed by atoms with Crippen molar-refractivity contribution in [3.8, 4) is 11.5 Å². The maximum Gasteiger partial charge on any atom is 0.371 e. The maximum absolute atomic E-state index is 12.3. The number of ether oxygens (including phenoxy) is 1. The van der Waals surface area contributed by atoms with E-state index < -0.39 is 28.5 Å². The molecule has 0 aliphatic heterocycles. The summed E-state index contributed by atoms with van der Waals surface area (Å²) in [6.45, 7) is 3.90. The molecule has 4 aromatic rings. The molecular weight excluding hydrogens is 632 g/mol. The number of carboxylic acid groups (broad SMARTS) is 1. The summed E-state index contributed by atoms with van der Waals surface area (Å²) in [6, 6.07) is 10.7. The molecular formula is C35H35ClO9S. The van der Waals surface area contributed by atoms with Gasteiger partial charge >= 0.3 is 5.97 Å². The molecule has 0 saturated heterocycles.